The summed E-state index contributed by atoms with van der Waals surface area (Å²) >= 11 is 1.30. The zero-order valence-corrected chi connectivity index (χ0v) is 18.4. The van der Waals surface area contributed by atoms with Crippen molar-refractivity contribution < 1.29 is 14.5 Å². The average molecular weight is 442 g/mol. The largest absolute Gasteiger partial charge is 0.495 e. The first-order chi connectivity index (χ1) is 14.9. The van der Waals surface area contributed by atoms with Crippen molar-refractivity contribution in [3.8, 4) is 5.75 Å². The van der Waals surface area contributed by atoms with Crippen molar-refractivity contribution in [1.82, 2.24) is 9.97 Å². The SMILES string of the molecule is COc1ccc([N+](=O)[O-])cc1NC(=O)c1sc2nc(C)nc(N3CCCCC3)c2c1C. The van der Waals surface area contributed by atoms with Gasteiger partial charge in [-0.15, -0.1) is 11.3 Å². The zero-order valence-electron chi connectivity index (χ0n) is 17.6. The smallest absolute Gasteiger partial charge is 0.271 e. The summed E-state index contributed by atoms with van der Waals surface area (Å²) in [6.45, 7) is 5.63. The van der Waals surface area contributed by atoms with Crippen molar-refractivity contribution >= 4 is 44.7 Å². The fourth-order valence-electron chi connectivity index (χ4n) is 3.86. The minimum atomic E-state index is -0.511. The van der Waals surface area contributed by atoms with Crippen LogP contribution < -0.4 is 15.0 Å². The predicted molar refractivity (Wildman–Crippen MR) is 121 cm³/mol. The van der Waals surface area contributed by atoms with E-state index in [1.165, 1.54) is 43.1 Å². The Labute approximate surface area is 183 Å². The Morgan fingerprint density at radius 1 is 1.23 bits per heavy atom. The molecule has 0 spiro atoms. The molecule has 1 amide bonds. The van der Waals surface area contributed by atoms with Gasteiger partial charge in [0.2, 0.25) is 0 Å². The molecule has 0 unspecified atom stereocenters. The number of carbonyl (C=O) groups excluding carboxylic acids is 1. The first-order valence-electron chi connectivity index (χ1n) is 10.1. The number of benzene rings is 1. The molecule has 3 heterocycles. The van der Waals surface area contributed by atoms with E-state index in [0.29, 0.717) is 16.5 Å². The maximum atomic E-state index is 13.1. The summed E-state index contributed by atoms with van der Waals surface area (Å²) in [4.78, 5) is 36.6. The van der Waals surface area contributed by atoms with Crippen LogP contribution in [0.4, 0.5) is 17.2 Å². The van der Waals surface area contributed by atoms with E-state index in [4.69, 9.17) is 9.72 Å². The Morgan fingerprint density at radius 3 is 2.65 bits per heavy atom. The third kappa shape index (κ3) is 4.02. The van der Waals surface area contributed by atoms with Crippen molar-refractivity contribution in [2.45, 2.75) is 33.1 Å². The highest BCUT2D eigenvalue weighted by molar-refractivity contribution is 7.20. The number of ether oxygens (including phenoxy) is 1. The van der Waals surface area contributed by atoms with Crippen molar-refractivity contribution in [3.05, 3.63) is 44.6 Å². The highest BCUT2D eigenvalue weighted by Crippen LogP contribution is 2.37. The summed E-state index contributed by atoms with van der Waals surface area (Å²) < 4.78 is 5.26. The first kappa shape index (κ1) is 21.0. The molecule has 10 heteroatoms. The minimum Gasteiger partial charge on any atom is -0.495 e. The number of carbonyl (C=O) groups is 1. The molecule has 0 atom stereocenters. The van der Waals surface area contributed by atoms with Gasteiger partial charge in [-0.1, -0.05) is 0 Å². The van der Waals surface area contributed by atoms with E-state index >= 15 is 0 Å². The molecule has 1 aliphatic rings. The third-order valence-corrected chi connectivity index (χ3v) is 6.57. The Morgan fingerprint density at radius 2 is 1.97 bits per heavy atom. The van der Waals surface area contributed by atoms with E-state index in [2.05, 4.69) is 15.2 Å². The molecule has 0 saturated carbocycles. The lowest BCUT2D eigenvalue weighted by Crippen LogP contribution is -2.30. The number of fused-ring (bicyclic) bond motifs is 1. The van der Waals surface area contributed by atoms with Gasteiger partial charge in [0.15, 0.2) is 0 Å². The van der Waals surface area contributed by atoms with E-state index in [1.807, 2.05) is 13.8 Å². The molecular formula is C21H23N5O4S. The Hall–Kier alpha value is -3.27. The topological polar surface area (TPSA) is 110 Å². The maximum absolute atomic E-state index is 13.1. The van der Waals surface area contributed by atoms with Gasteiger partial charge in [-0.05, 0) is 44.7 Å². The van der Waals surface area contributed by atoms with Gasteiger partial charge in [-0.3, -0.25) is 14.9 Å². The van der Waals surface area contributed by atoms with E-state index < -0.39 is 4.92 Å². The second-order valence-corrected chi connectivity index (χ2v) is 8.47. The number of thiophene rings is 1. The van der Waals surface area contributed by atoms with Gasteiger partial charge in [0.1, 0.15) is 22.2 Å². The molecule has 0 aliphatic carbocycles. The molecule has 31 heavy (non-hydrogen) atoms. The van der Waals surface area contributed by atoms with Gasteiger partial charge in [-0.25, -0.2) is 9.97 Å². The highest BCUT2D eigenvalue weighted by Gasteiger charge is 2.24. The minimum absolute atomic E-state index is 0.127. The van der Waals surface area contributed by atoms with Crippen molar-refractivity contribution in [3.63, 3.8) is 0 Å². The van der Waals surface area contributed by atoms with Crippen LogP contribution in [0.3, 0.4) is 0 Å². The molecule has 3 aromatic rings. The molecule has 162 valence electrons. The number of nitrogens with one attached hydrogen (secondary N) is 1. The van der Waals surface area contributed by atoms with Crippen LogP contribution in [0.1, 0.15) is 40.3 Å². The standard InChI is InChI=1S/C21H23N5O4S/c1-12-17-19(25-9-5-4-6-10-25)22-13(2)23-21(17)31-18(12)20(27)24-15-11-14(26(28)29)7-8-16(15)30-3/h7-8,11H,4-6,9-10H2,1-3H3,(H,24,27). The number of non-ortho nitro benzene ring substituents is 1. The Kier molecular flexibility index (Phi) is 5.73. The molecule has 4 rings (SSSR count). The van der Waals surface area contributed by atoms with Gasteiger partial charge >= 0.3 is 0 Å². The number of nitro groups is 1. The van der Waals surface area contributed by atoms with Crippen LogP contribution in [0.5, 0.6) is 5.75 Å². The summed E-state index contributed by atoms with van der Waals surface area (Å²) in [5.74, 6) is 1.54. The molecule has 2 aromatic heterocycles. The van der Waals surface area contributed by atoms with Gasteiger partial charge in [-0.2, -0.15) is 0 Å². The predicted octanol–water partition coefficient (Wildman–Crippen LogP) is 4.47. The van der Waals surface area contributed by atoms with Crippen LogP contribution in [-0.2, 0) is 0 Å². The highest BCUT2D eigenvalue weighted by atomic mass is 32.1. The number of hydrogen-bond acceptors (Lipinski definition) is 8. The number of nitro benzene ring substituents is 1. The number of aryl methyl sites for hydroxylation is 2. The Balaban J connectivity index is 1.73. The second-order valence-electron chi connectivity index (χ2n) is 7.47. The number of amides is 1. The van der Waals surface area contributed by atoms with Gasteiger partial charge in [0, 0.05) is 25.2 Å². The van der Waals surface area contributed by atoms with Crippen LogP contribution in [0, 0.1) is 24.0 Å². The quantitative estimate of drug-likeness (QED) is 0.459. The number of rotatable bonds is 5. The molecule has 1 fully saturated rings. The Bertz CT molecular complexity index is 1170. The van der Waals surface area contributed by atoms with Crippen LogP contribution in [-0.4, -0.2) is 41.0 Å². The van der Waals surface area contributed by atoms with E-state index in [9.17, 15) is 14.9 Å². The summed E-state index contributed by atoms with van der Waals surface area (Å²) in [6, 6.07) is 4.10. The summed E-state index contributed by atoms with van der Waals surface area (Å²) in [7, 11) is 1.45. The summed E-state index contributed by atoms with van der Waals surface area (Å²) in [5, 5.41) is 14.8. The molecule has 0 bridgehead atoms. The normalized spacial score (nSPS) is 14.0. The molecule has 1 aromatic carbocycles. The monoisotopic (exact) mass is 441 g/mol. The van der Waals surface area contributed by atoms with Crippen LogP contribution in [0.15, 0.2) is 18.2 Å². The van der Waals surface area contributed by atoms with E-state index in [1.54, 1.807) is 0 Å². The average Bonchev–Trinajstić information content (AvgIpc) is 3.10. The van der Waals surface area contributed by atoms with Crippen molar-refractivity contribution in [2.75, 3.05) is 30.4 Å². The van der Waals surface area contributed by atoms with Crippen LogP contribution >= 0.6 is 11.3 Å². The number of aromatic nitrogens is 2. The number of anilines is 2. The lowest BCUT2D eigenvalue weighted by atomic mass is 10.1. The molecule has 1 N–H and O–H groups in total. The lowest BCUT2D eigenvalue weighted by Gasteiger charge is -2.28. The number of nitrogens with zero attached hydrogens (tertiary/aromatic N) is 4. The molecule has 0 radical (unpaired) electrons. The number of hydrogen-bond donors (Lipinski definition) is 1. The van der Waals surface area contributed by atoms with E-state index in [0.717, 1.165) is 47.5 Å². The fourth-order valence-corrected chi connectivity index (χ4v) is 4.98. The molecule has 9 nitrogen and oxygen atoms in total. The van der Waals surface area contributed by atoms with Crippen molar-refractivity contribution in [1.29, 1.82) is 0 Å². The lowest BCUT2D eigenvalue weighted by molar-refractivity contribution is -0.384. The maximum Gasteiger partial charge on any atom is 0.271 e. The molecule has 1 aliphatic heterocycles. The van der Waals surface area contributed by atoms with Gasteiger partial charge < -0.3 is 15.0 Å². The van der Waals surface area contributed by atoms with Gasteiger partial charge in [0.25, 0.3) is 11.6 Å². The molecular weight excluding hydrogens is 418 g/mol. The number of methoxy groups -OCH3 is 1. The van der Waals surface area contributed by atoms with Crippen LogP contribution in [0.25, 0.3) is 10.2 Å². The third-order valence-electron chi connectivity index (χ3n) is 5.39. The van der Waals surface area contributed by atoms with Gasteiger partial charge in [0.05, 0.1) is 28.0 Å². The first-order valence-corrected chi connectivity index (χ1v) is 10.9. The van der Waals surface area contributed by atoms with Crippen molar-refractivity contribution in [2.24, 2.45) is 0 Å². The fraction of sp³-hybridized carbons (Fsp3) is 0.381. The second kappa shape index (κ2) is 8.46. The number of piperidine rings is 1. The zero-order chi connectivity index (χ0) is 22.1. The van der Waals surface area contributed by atoms with Crippen LogP contribution in [0.2, 0.25) is 0 Å². The van der Waals surface area contributed by atoms with E-state index in [-0.39, 0.29) is 17.3 Å². The summed E-state index contributed by atoms with van der Waals surface area (Å²) in [5.41, 5.74) is 0.928. The molecule has 1 saturated heterocycles. The summed E-state index contributed by atoms with van der Waals surface area (Å²) in [6.07, 6.45) is 3.45.